The van der Waals surface area contributed by atoms with Crippen LogP contribution in [0, 0.1) is 0 Å². The van der Waals surface area contributed by atoms with Crippen molar-refractivity contribution >= 4 is 39.7 Å². The van der Waals surface area contributed by atoms with E-state index in [1.165, 1.54) is 23.3 Å². The van der Waals surface area contributed by atoms with Gasteiger partial charge in [-0.25, -0.2) is 0 Å². The minimum atomic E-state index is -4.67. The van der Waals surface area contributed by atoms with Gasteiger partial charge in [-0.3, -0.25) is 18.8 Å². The number of carbonyl (C=O) groups is 1. The van der Waals surface area contributed by atoms with Gasteiger partial charge >= 0.3 is 16.4 Å². The zero-order valence-corrected chi connectivity index (χ0v) is 17.2. The Morgan fingerprint density at radius 3 is 2.63 bits per heavy atom. The Kier molecular flexibility index (Phi) is 8.14. The Morgan fingerprint density at radius 1 is 1.33 bits per heavy atom. The van der Waals surface area contributed by atoms with Crippen LogP contribution in [0.1, 0.15) is 18.4 Å². The second-order valence-corrected chi connectivity index (χ2v) is 8.62. The smallest absolute Gasteiger partial charge is 0.394 e. The molecule has 3 rings (SSSR count). The molecule has 0 radical (unpaired) electrons. The largest absolute Gasteiger partial charge is 0.468 e. The van der Waals surface area contributed by atoms with Crippen molar-refractivity contribution in [3.05, 3.63) is 45.3 Å². The van der Waals surface area contributed by atoms with Gasteiger partial charge in [-0.2, -0.15) is 8.42 Å². The summed E-state index contributed by atoms with van der Waals surface area (Å²) in [5, 5.41) is 0.713. The number of methoxy groups -OCH3 is 1. The lowest BCUT2D eigenvalue weighted by molar-refractivity contribution is -0.146. The van der Waals surface area contributed by atoms with Crippen molar-refractivity contribution in [3.8, 4) is 0 Å². The molecule has 0 amide bonds. The highest BCUT2D eigenvalue weighted by Gasteiger charge is 2.32. The predicted octanol–water partition coefficient (Wildman–Crippen LogP) is 2.87. The van der Waals surface area contributed by atoms with Gasteiger partial charge < -0.3 is 4.74 Å². The first kappa shape index (κ1) is 22.2. The molecule has 0 bridgehead atoms. The first-order valence-corrected chi connectivity index (χ1v) is 11.0. The fraction of sp³-hybridized carbons (Fsp3) is 0.471. The summed E-state index contributed by atoms with van der Waals surface area (Å²) in [6.07, 6.45) is 2.80. The summed E-state index contributed by atoms with van der Waals surface area (Å²) in [6, 6.07) is 7.46. The third kappa shape index (κ3) is 7.10. The number of benzene rings is 1. The van der Waals surface area contributed by atoms with E-state index in [0.29, 0.717) is 11.4 Å². The maximum atomic E-state index is 12.3. The van der Waals surface area contributed by atoms with Crippen LogP contribution in [0.4, 0.5) is 0 Å². The lowest BCUT2D eigenvalue weighted by Gasteiger charge is -2.33. The van der Waals surface area contributed by atoms with E-state index < -0.39 is 10.4 Å². The molecule has 2 aliphatic heterocycles. The predicted molar refractivity (Wildman–Crippen MR) is 105 cm³/mol. The van der Waals surface area contributed by atoms with Gasteiger partial charge in [0.2, 0.25) is 0 Å². The third-order valence-corrected chi connectivity index (χ3v) is 6.00. The topological polar surface area (TPSA) is 104 Å². The number of hydrogen-bond acceptors (Lipinski definition) is 6. The second-order valence-electron chi connectivity index (χ2n) is 6.13. The Balaban J connectivity index is 0.000000465. The molecule has 1 unspecified atom stereocenters. The molecule has 2 N–H and O–H groups in total. The van der Waals surface area contributed by atoms with Crippen LogP contribution in [0.3, 0.4) is 0 Å². The van der Waals surface area contributed by atoms with Gasteiger partial charge in [0.25, 0.3) is 0 Å². The number of ether oxygens (including phenoxy) is 1. The zero-order chi connectivity index (χ0) is 20.0. The highest BCUT2D eigenvalue weighted by Crippen LogP contribution is 2.37. The van der Waals surface area contributed by atoms with Gasteiger partial charge in [-0.05, 0) is 34.9 Å². The van der Waals surface area contributed by atoms with Gasteiger partial charge in [0.05, 0.1) is 7.11 Å². The quantitative estimate of drug-likeness (QED) is 0.549. The van der Waals surface area contributed by atoms with Crippen molar-refractivity contribution in [1.29, 1.82) is 0 Å². The van der Waals surface area contributed by atoms with Crippen molar-refractivity contribution in [1.82, 2.24) is 4.90 Å². The first-order chi connectivity index (χ1) is 12.7. The van der Waals surface area contributed by atoms with E-state index in [0.717, 1.165) is 31.5 Å². The van der Waals surface area contributed by atoms with E-state index in [-0.39, 0.29) is 12.0 Å². The minimum Gasteiger partial charge on any atom is -0.468 e. The molecule has 0 spiro atoms. The summed E-state index contributed by atoms with van der Waals surface area (Å²) in [4.78, 5) is 16.1. The Morgan fingerprint density at radius 2 is 2.00 bits per heavy atom. The van der Waals surface area contributed by atoms with Crippen molar-refractivity contribution < 1.29 is 27.1 Å². The van der Waals surface area contributed by atoms with E-state index in [4.69, 9.17) is 33.9 Å². The molecule has 1 aromatic rings. The Bertz CT molecular complexity index is 803. The molecule has 1 atom stereocenters. The molecule has 150 valence electrons. The summed E-state index contributed by atoms with van der Waals surface area (Å²) < 4.78 is 36.6. The normalized spacial score (nSPS) is 18.4. The monoisotopic (exact) mass is 435 g/mol. The molecule has 0 aliphatic carbocycles. The van der Waals surface area contributed by atoms with Crippen molar-refractivity contribution in [3.63, 3.8) is 0 Å². The third-order valence-electron chi connectivity index (χ3n) is 4.38. The van der Waals surface area contributed by atoms with Crippen LogP contribution in [0.25, 0.3) is 0 Å². The number of esters is 1. The molecule has 2 heterocycles. The lowest BCUT2D eigenvalue weighted by atomic mass is 10.0. The van der Waals surface area contributed by atoms with Crippen LogP contribution in [-0.4, -0.2) is 60.4 Å². The highest BCUT2D eigenvalue weighted by atomic mass is 35.5. The number of hydrogen-bond donors (Lipinski definition) is 2. The average Bonchev–Trinajstić information content (AvgIpc) is 3.06. The second kappa shape index (κ2) is 9.90. The molecule has 0 saturated carbocycles. The first-order valence-electron chi connectivity index (χ1n) is 8.28. The maximum Gasteiger partial charge on any atom is 0.394 e. The Labute approximate surface area is 168 Å². The van der Waals surface area contributed by atoms with Crippen LogP contribution < -0.4 is 0 Å². The molecule has 7 nitrogen and oxygen atoms in total. The van der Waals surface area contributed by atoms with Gasteiger partial charge in [0.1, 0.15) is 6.04 Å². The van der Waals surface area contributed by atoms with Gasteiger partial charge in [0, 0.05) is 30.3 Å². The van der Waals surface area contributed by atoms with E-state index in [1.807, 2.05) is 36.0 Å². The molecule has 1 aromatic carbocycles. The summed E-state index contributed by atoms with van der Waals surface area (Å²) in [7, 11) is -3.21. The zero-order valence-electron chi connectivity index (χ0n) is 14.8. The van der Waals surface area contributed by atoms with Crippen molar-refractivity contribution in [2.75, 3.05) is 26.0 Å². The highest BCUT2D eigenvalue weighted by molar-refractivity contribution is 8.03. The number of thioether (sulfide) groups is 1. The van der Waals surface area contributed by atoms with E-state index in [9.17, 15) is 4.79 Å². The number of carbonyl (C=O) groups excluding carboxylic acids is 1. The van der Waals surface area contributed by atoms with E-state index in [2.05, 4.69) is 4.90 Å². The molecular formula is C17H22ClNO6S2. The fourth-order valence-electron chi connectivity index (χ4n) is 3.16. The number of nitrogens with zero attached hydrogens (tertiary/aromatic N) is 1. The summed E-state index contributed by atoms with van der Waals surface area (Å²) in [5.41, 5.74) is 2.50. The summed E-state index contributed by atoms with van der Waals surface area (Å²) >= 11 is 8.24. The van der Waals surface area contributed by atoms with Crippen LogP contribution in [0.2, 0.25) is 5.02 Å². The molecule has 27 heavy (non-hydrogen) atoms. The van der Waals surface area contributed by atoms with Crippen LogP contribution in [-0.2, 0) is 26.4 Å². The number of rotatable bonds is 4. The molecular weight excluding hydrogens is 414 g/mol. The molecule has 0 saturated heterocycles. The van der Waals surface area contributed by atoms with Crippen molar-refractivity contribution in [2.24, 2.45) is 0 Å². The fourth-order valence-corrected chi connectivity index (χ4v) is 4.57. The van der Waals surface area contributed by atoms with Gasteiger partial charge in [-0.15, -0.1) is 11.8 Å². The Hall–Kier alpha value is -1.10. The summed E-state index contributed by atoms with van der Waals surface area (Å²) in [5.74, 6) is 1.01. The van der Waals surface area contributed by atoms with Gasteiger partial charge in [-0.1, -0.05) is 29.8 Å². The summed E-state index contributed by atoms with van der Waals surface area (Å²) in [6.45, 7) is 1.79. The van der Waals surface area contributed by atoms with Crippen LogP contribution in [0.15, 0.2) is 34.7 Å². The SMILES string of the molecule is COC(=O)C(Cc1ccccc1Cl)N1CCC2=C(CCS2)C1.O=S(=O)(O)O. The molecule has 2 aliphatic rings. The molecule has 0 fully saturated rings. The van der Waals surface area contributed by atoms with E-state index in [1.54, 1.807) is 0 Å². The van der Waals surface area contributed by atoms with Crippen LogP contribution in [0.5, 0.6) is 0 Å². The minimum absolute atomic E-state index is 0.172. The standard InChI is InChI=1S/C17H20ClNO2S.H2O4S/c1-21-17(20)15(10-12-4-2-3-5-14(12)18)19-8-6-16-13(11-19)7-9-22-16;1-5(2,3)4/h2-5,15H,6-11H2,1H3;(H2,1,2,3,4). The van der Waals surface area contributed by atoms with Gasteiger partial charge in [0.15, 0.2) is 0 Å². The van der Waals surface area contributed by atoms with E-state index >= 15 is 0 Å². The van der Waals surface area contributed by atoms with Crippen molar-refractivity contribution in [2.45, 2.75) is 25.3 Å². The molecule has 0 aromatic heterocycles. The van der Waals surface area contributed by atoms with Crippen LogP contribution >= 0.6 is 23.4 Å². The number of halogens is 1. The lowest BCUT2D eigenvalue weighted by Crippen LogP contribution is -2.46. The molecule has 10 heteroatoms. The maximum absolute atomic E-state index is 12.3. The average molecular weight is 436 g/mol.